The number of ketones is 1. The monoisotopic (exact) mass is 231 g/mol. The number of nitrogens with zero attached hydrogens (tertiary/aromatic N) is 1. The van der Waals surface area contributed by atoms with E-state index in [9.17, 15) is 9.59 Å². The van der Waals surface area contributed by atoms with Crippen LogP contribution in [0, 0.1) is 0 Å². The molecule has 0 radical (unpaired) electrons. The number of hydrogen-bond acceptors (Lipinski definition) is 3. The topological polar surface area (TPSA) is 47.8 Å². The molecule has 0 fully saturated rings. The van der Waals surface area contributed by atoms with E-state index in [1.807, 2.05) is 0 Å². The minimum Gasteiger partial charge on any atom is -0.461 e. The minimum absolute atomic E-state index is 0.0240. The number of rotatable bonds is 3. The largest absolute Gasteiger partial charge is 0.461 e. The molecule has 0 aliphatic heterocycles. The molecule has 0 atom stereocenters. The van der Waals surface area contributed by atoms with Crippen LogP contribution >= 0.6 is 0 Å². The Kier molecular flexibility index (Phi) is 2.95. The number of fused-ring (bicyclic) bond motifs is 1. The first-order valence-electron chi connectivity index (χ1n) is 5.43. The molecule has 17 heavy (non-hydrogen) atoms. The Morgan fingerprint density at radius 1 is 1.29 bits per heavy atom. The van der Waals surface area contributed by atoms with Crippen molar-refractivity contribution in [3.8, 4) is 0 Å². The number of aromatic nitrogens is 1. The number of Topliss-reactive ketones (excluding diaryl/α,β-unsaturated/α-hetero) is 1. The first kappa shape index (κ1) is 11.4. The quantitative estimate of drug-likeness (QED) is 0.601. The molecule has 0 aliphatic rings. The molecule has 4 nitrogen and oxygen atoms in total. The molecular formula is C13H13NO3. The van der Waals surface area contributed by atoms with Gasteiger partial charge in [0.25, 0.3) is 0 Å². The van der Waals surface area contributed by atoms with Crippen LogP contribution in [0.4, 0.5) is 0 Å². The summed E-state index contributed by atoms with van der Waals surface area (Å²) in [5.74, 6) is -0.409. The molecule has 2 rings (SSSR count). The highest BCUT2D eigenvalue weighted by Gasteiger charge is 2.14. The Bertz CT molecular complexity index is 583. The number of carbonyl (C=O) groups is 2. The standard InChI is InChI=1S/C13H13NO3/c1-3-17-13(16)12-7-6-10(9(2)15)11-5-4-8-14(11)12/h4-8H,3H2,1-2H3. The SMILES string of the molecule is CCOC(=O)c1ccc(C(C)=O)c2cccn12. The van der Waals surface area contributed by atoms with Crippen LogP contribution < -0.4 is 0 Å². The molecular weight excluding hydrogens is 218 g/mol. The first-order valence-corrected chi connectivity index (χ1v) is 5.43. The van der Waals surface area contributed by atoms with Gasteiger partial charge in [0.2, 0.25) is 0 Å². The van der Waals surface area contributed by atoms with E-state index in [1.165, 1.54) is 6.92 Å². The Hall–Kier alpha value is -2.10. The zero-order valence-corrected chi connectivity index (χ0v) is 9.77. The second-order valence-electron chi connectivity index (χ2n) is 3.67. The highest BCUT2D eigenvalue weighted by atomic mass is 16.5. The predicted molar refractivity (Wildman–Crippen MR) is 63.4 cm³/mol. The van der Waals surface area contributed by atoms with E-state index in [4.69, 9.17) is 4.74 Å². The van der Waals surface area contributed by atoms with Gasteiger partial charge >= 0.3 is 5.97 Å². The molecule has 2 heterocycles. The van der Waals surface area contributed by atoms with E-state index in [1.54, 1.807) is 41.8 Å². The van der Waals surface area contributed by atoms with Gasteiger partial charge in [-0.25, -0.2) is 4.79 Å². The van der Waals surface area contributed by atoms with Gasteiger partial charge in [-0.2, -0.15) is 0 Å². The van der Waals surface area contributed by atoms with E-state index < -0.39 is 0 Å². The summed E-state index contributed by atoms with van der Waals surface area (Å²) in [5, 5.41) is 0. The Morgan fingerprint density at radius 3 is 2.71 bits per heavy atom. The highest BCUT2D eigenvalue weighted by Crippen LogP contribution is 2.16. The molecule has 0 saturated carbocycles. The second kappa shape index (κ2) is 4.41. The summed E-state index contributed by atoms with van der Waals surface area (Å²) in [6.07, 6.45) is 1.74. The molecule has 2 aromatic heterocycles. The molecule has 0 spiro atoms. The average molecular weight is 231 g/mol. The Labute approximate surface area is 98.8 Å². The van der Waals surface area contributed by atoms with Crippen molar-refractivity contribution in [2.45, 2.75) is 13.8 Å². The van der Waals surface area contributed by atoms with E-state index in [0.717, 1.165) is 5.52 Å². The van der Waals surface area contributed by atoms with Crippen LogP contribution in [0.25, 0.3) is 5.52 Å². The van der Waals surface area contributed by atoms with E-state index in [-0.39, 0.29) is 11.8 Å². The van der Waals surface area contributed by atoms with E-state index >= 15 is 0 Å². The maximum Gasteiger partial charge on any atom is 0.355 e. The van der Waals surface area contributed by atoms with Crippen LogP contribution in [0.15, 0.2) is 30.5 Å². The first-order chi connectivity index (χ1) is 8.15. The molecule has 2 aromatic rings. The summed E-state index contributed by atoms with van der Waals surface area (Å²) >= 11 is 0. The van der Waals surface area contributed by atoms with Crippen LogP contribution in [0.1, 0.15) is 34.7 Å². The number of esters is 1. The lowest BCUT2D eigenvalue weighted by molar-refractivity contribution is 0.0517. The summed E-state index contributed by atoms with van der Waals surface area (Å²) in [4.78, 5) is 23.1. The van der Waals surface area contributed by atoms with Gasteiger partial charge in [0, 0.05) is 11.8 Å². The molecule has 0 N–H and O–H groups in total. The molecule has 0 unspecified atom stereocenters. The number of hydrogen-bond donors (Lipinski definition) is 0. The fourth-order valence-electron chi connectivity index (χ4n) is 1.81. The predicted octanol–water partition coefficient (Wildman–Crippen LogP) is 2.32. The third kappa shape index (κ3) is 1.93. The van der Waals surface area contributed by atoms with E-state index in [0.29, 0.717) is 17.9 Å². The van der Waals surface area contributed by atoms with Crippen molar-refractivity contribution in [3.05, 3.63) is 41.7 Å². The normalized spacial score (nSPS) is 10.5. The molecule has 0 aliphatic carbocycles. The van der Waals surface area contributed by atoms with Crippen molar-refractivity contribution in [1.29, 1.82) is 0 Å². The maximum absolute atomic E-state index is 11.7. The number of pyridine rings is 1. The van der Waals surface area contributed by atoms with Crippen LogP contribution in [-0.4, -0.2) is 22.8 Å². The average Bonchev–Trinajstić information content (AvgIpc) is 2.76. The van der Waals surface area contributed by atoms with Gasteiger partial charge < -0.3 is 9.14 Å². The van der Waals surface area contributed by atoms with Gasteiger partial charge in [-0.1, -0.05) is 0 Å². The summed E-state index contributed by atoms with van der Waals surface area (Å²) < 4.78 is 6.64. The van der Waals surface area contributed by atoms with Crippen molar-refractivity contribution in [3.63, 3.8) is 0 Å². The van der Waals surface area contributed by atoms with Crippen LogP contribution in [-0.2, 0) is 4.74 Å². The molecule has 0 amide bonds. The summed E-state index contributed by atoms with van der Waals surface area (Å²) in [5.41, 5.74) is 1.75. The van der Waals surface area contributed by atoms with Crippen LogP contribution in [0.3, 0.4) is 0 Å². The molecule has 0 saturated heterocycles. The lowest BCUT2D eigenvalue weighted by atomic mass is 10.1. The zero-order valence-electron chi connectivity index (χ0n) is 9.77. The highest BCUT2D eigenvalue weighted by molar-refractivity contribution is 6.02. The van der Waals surface area contributed by atoms with Gasteiger partial charge in [-0.15, -0.1) is 0 Å². The van der Waals surface area contributed by atoms with Gasteiger partial charge in [0.15, 0.2) is 5.78 Å². The second-order valence-corrected chi connectivity index (χ2v) is 3.67. The van der Waals surface area contributed by atoms with Crippen molar-refractivity contribution >= 4 is 17.3 Å². The van der Waals surface area contributed by atoms with Gasteiger partial charge in [-0.05, 0) is 38.1 Å². The van der Waals surface area contributed by atoms with Crippen molar-refractivity contribution in [1.82, 2.24) is 4.40 Å². The van der Waals surface area contributed by atoms with Crippen LogP contribution in [0.2, 0.25) is 0 Å². The maximum atomic E-state index is 11.7. The molecule has 4 heteroatoms. The van der Waals surface area contributed by atoms with Crippen molar-refractivity contribution in [2.24, 2.45) is 0 Å². The minimum atomic E-state index is -0.385. The van der Waals surface area contributed by atoms with Crippen molar-refractivity contribution in [2.75, 3.05) is 6.61 Å². The fraction of sp³-hybridized carbons (Fsp3) is 0.231. The third-order valence-corrected chi connectivity index (χ3v) is 2.56. The van der Waals surface area contributed by atoms with Gasteiger partial charge in [-0.3, -0.25) is 4.79 Å². The summed E-state index contributed by atoms with van der Waals surface area (Å²) in [6, 6.07) is 6.87. The third-order valence-electron chi connectivity index (χ3n) is 2.56. The number of ether oxygens (including phenoxy) is 1. The fourth-order valence-corrected chi connectivity index (χ4v) is 1.81. The number of carbonyl (C=O) groups excluding carboxylic acids is 2. The Balaban J connectivity index is 2.61. The van der Waals surface area contributed by atoms with Gasteiger partial charge in [0.05, 0.1) is 12.1 Å². The van der Waals surface area contributed by atoms with E-state index in [2.05, 4.69) is 0 Å². The van der Waals surface area contributed by atoms with Crippen molar-refractivity contribution < 1.29 is 14.3 Å². The zero-order chi connectivity index (χ0) is 12.4. The smallest absolute Gasteiger partial charge is 0.355 e. The summed E-state index contributed by atoms with van der Waals surface area (Å²) in [7, 11) is 0. The molecule has 0 bridgehead atoms. The van der Waals surface area contributed by atoms with Gasteiger partial charge in [0.1, 0.15) is 5.69 Å². The van der Waals surface area contributed by atoms with Crippen LogP contribution in [0.5, 0.6) is 0 Å². The lowest BCUT2D eigenvalue weighted by Crippen LogP contribution is -2.11. The lowest BCUT2D eigenvalue weighted by Gasteiger charge is -2.07. The molecule has 0 aromatic carbocycles. The Morgan fingerprint density at radius 2 is 2.06 bits per heavy atom. The molecule has 88 valence electrons. The summed E-state index contributed by atoms with van der Waals surface area (Å²) in [6.45, 7) is 3.59.